The highest BCUT2D eigenvalue weighted by atomic mass is 32.1. The molecule has 1 aliphatic heterocycles. The third-order valence-corrected chi connectivity index (χ3v) is 10.8. The Balaban J connectivity index is 1.05. The number of allylic oxidation sites excluding steroid dienone is 2. The molecule has 0 bridgehead atoms. The van der Waals surface area contributed by atoms with Crippen LogP contribution in [0.2, 0.25) is 0 Å². The SMILES string of the molecule is C1=CC(c2cc(-c3ccc(-c4ccc(-c5nc6ccccc6c6sc(-c7cc[nH]c7)c(-c7ccc[nH]7)c56)cc4)cc3)cc(-c3ccccn3)n2)=[N+]=C1. The Morgan fingerprint density at radius 1 is 0.615 bits per heavy atom. The van der Waals surface area contributed by atoms with Gasteiger partial charge >= 0.3 is 5.71 Å². The van der Waals surface area contributed by atoms with Crippen LogP contribution < -0.4 is 4.67 Å². The largest absolute Gasteiger partial charge is 0.367 e. The summed E-state index contributed by atoms with van der Waals surface area (Å²) < 4.78 is 5.75. The molecule has 6 aromatic heterocycles. The number of pyridine rings is 3. The van der Waals surface area contributed by atoms with Crippen LogP contribution in [-0.4, -0.2) is 36.8 Å². The zero-order chi connectivity index (χ0) is 34.4. The molecule has 244 valence electrons. The number of hydrogen-bond acceptors (Lipinski definition) is 4. The van der Waals surface area contributed by atoms with Crippen molar-refractivity contribution in [2.45, 2.75) is 0 Å². The highest BCUT2D eigenvalue weighted by Gasteiger charge is 2.23. The lowest BCUT2D eigenvalue weighted by atomic mass is 9.96. The fraction of sp³-hybridized carbons (Fsp3) is 0. The summed E-state index contributed by atoms with van der Waals surface area (Å²) in [7, 11) is 0. The van der Waals surface area contributed by atoms with Crippen LogP contribution in [-0.2, 0) is 0 Å². The predicted molar refractivity (Wildman–Crippen MR) is 215 cm³/mol. The van der Waals surface area contributed by atoms with E-state index in [2.05, 4.69) is 129 Å². The van der Waals surface area contributed by atoms with Crippen LogP contribution in [0, 0.1) is 0 Å². The summed E-state index contributed by atoms with van der Waals surface area (Å²) in [4.78, 5) is 22.7. The van der Waals surface area contributed by atoms with Gasteiger partial charge in [-0.2, -0.15) is 0 Å². The van der Waals surface area contributed by atoms with Gasteiger partial charge in [0.05, 0.1) is 22.6 Å². The second-order valence-corrected chi connectivity index (χ2v) is 13.7. The third-order valence-electron chi connectivity index (χ3n) is 9.53. The van der Waals surface area contributed by atoms with Crippen LogP contribution in [0.25, 0.3) is 87.6 Å². The van der Waals surface area contributed by atoms with Gasteiger partial charge in [0.25, 0.3) is 6.21 Å². The lowest BCUT2D eigenvalue weighted by molar-refractivity contribution is 1.23. The Hall–Kier alpha value is -6.92. The molecule has 1 aliphatic rings. The molecule has 7 heteroatoms. The van der Waals surface area contributed by atoms with Gasteiger partial charge < -0.3 is 9.97 Å². The lowest BCUT2D eigenvalue weighted by Gasteiger charge is -2.11. The monoisotopic (exact) mass is 685 g/mol. The summed E-state index contributed by atoms with van der Waals surface area (Å²) >= 11 is 1.83. The van der Waals surface area contributed by atoms with Gasteiger partial charge in [-0.1, -0.05) is 77.5 Å². The van der Waals surface area contributed by atoms with E-state index in [9.17, 15) is 0 Å². The molecule has 0 amide bonds. The molecule has 7 heterocycles. The van der Waals surface area contributed by atoms with Gasteiger partial charge in [-0.3, -0.25) is 4.98 Å². The van der Waals surface area contributed by atoms with E-state index in [-0.39, 0.29) is 0 Å². The van der Waals surface area contributed by atoms with E-state index in [1.807, 2.05) is 54.1 Å². The summed E-state index contributed by atoms with van der Waals surface area (Å²) in [6.07, 6.45) is 13.6. The number of fused-ring (bicyclic) bond motifs is 3. The van der Waals surface area contributed by atoms with Crippen molar-refractivity contribution < 1.29 is 0 Å². The van der Waals surface area contributed by atoms with Crippen LogP contribution in [0.1, 0.15) is 5.69 Å². The summed E-state index contributed by atoms with van der Waals surface area (Å²) in [5.41, 5.74) is 14.2. The molecular formula is C45H29N6S+. The van der Waals surface area contributed by atoms with Gasteiger partial charge in [0.1, 0.15) is 0 Å². The molecule has 9 aromatic rings. The third kappa shape index (κ3) is 5.20. The second kappa shape index (κ2) is 12.4. The van der Waals surface area contributed by atoms with Crippen LogP contribution in [0.3, 0.4) is 0 Å². The van der Waals surface area contributed by atoms with Gasteiger partial charge in [0, 0.05) is 79.7 Å². The lowest BCUT2D eigenvalue weighted by Crippen LogP contribution is -2.03. The van der Waals surface area contributed by atoms with Crippen molar-refractivity contribution in [3.63, 3.8) is 0 Å². The molecule has 0 unspecified atom stereocenters. The maximum atomic E-state index is 5.31. The van der Waals surface area contributed by atoms with Gasteiger partial charge in [-0.15, -0.1) is 11.3 Å². The molecule has 0 saturated carbocycles. The van der Waals surface area contributed by atoms with E-state index in [4.69, 9.17) is 9.97 Å². The van der Waals surface area contributed by atoms with Crippen LogP contribution in [0.4, 0.5) is 0 Å². The minimum Gasteiger partial charge on any atom is -0.367 e. The molecule has 6 nitrogen and oxygen atoms in total. The van der Waals surface area contributed by atoms with E-state index in [1.165, 1.54) is 20.7 Å². The van der Waals surface area contributed by atoms with Gasteiger partial charge in [0.2, 0.25) is 0 Å². The van der Waals surface area contributed by atoms with Crippen molar-refractivity contribution in [3.05, 3.63) is 164 Å². The highest BCUT2D eigenvalue weighted by Crippen LogP contribution is 2.49. The second-order valence-electron chi connectivity index (χ2n) is 12.7. The van der Waals surface area contributed by atoms with Gasteiger partial charge in [-0.25, -0.2) is 9.97 Å². The normalized spacial score (nSPS) is 12.3. The number of nitrogens with zero attached hydrogens (tertiary/aromatic N) is 4. The molecule has 0 atom stereocenters. The number of thiophene rings is 1. The zero-order valence-corrected chi connectivity index (χ0v) is 28.6. The molecule has 0 spiro atoms. The maximum Gasteiger partial charge on any atom is 0.352 e. The first-order valence-corrected chi connectivity index (χ1v) is 17.9. The molecule has 10 rings (SSSR count). The number of H-pyrrole nitrogens is 2. The molecule has 0 fully saturated rings. The minimum atomic E-state index is 0.817. The molecule has 0 aliphatic carbocycles. The Morgan fingerprint density at radius 2 is 1.38 bits per heavy atom. The Morgan fingerprint density at radius 3 is 2.10 bits per heavy atom. The fourth-order valence-electron chi connectivity index (χ4n) is 7.01. The summed E-state index contributed by atoms with van der Waals surface area (Å²) in [5.74, 6) is 0. The summed E-state index contributed by atoms with van der Waals surface area (Å²) in [6, 6.07) is 42.4. The average molecular weight is 686 g/mol. The topological polar surface area (TPSA) is 84.3 Å². The van der Waals surface area contributed by atoms with Crippen molar-refractivity contribution in [1.82, 2.24) is 29.6 Å². The molecule has 2 N–H and O–H groups in total. The Kier molecular flexibility index (Phi) is 7.17. The van der Waals surface area contributed by atoms with Crippen LogP contribution >= 0.6 is 11.3 Å². The Bertz CT molecular complexity index is 2840. The van der Waals surface area contributed by atoms with Gasteiger partial charge in [-0.05, 0) is 70.8 Å². The summed E-state index contributed by atoms with van der Waals surface area (Å²) in [6.45, 7) is 0. The fourth-order valence-corrected chi connectivity index (χ4v) is 8.35. The predicted octanol–water partition coefficient (Wildman–Crippen LogP) is 10.4. The first kappa shape index (κ1) is 29.9. The van der Waals surface area contributed by atoms with E-state index in [0.717, 1.165) is 78.3 Å². The number of hydrogen-bond donors (Lipinski definition) is 2. The number of aromatic nitrogens is 5. The smallest absolute Gasteiger partial charge is 0.352 e. The maximum absolute atomic E-state index is 5.31. The Labute approximate surface area is 303 Å². The molecule has 3 aromatic carbocycles. The van der Waals surface area contributed by atoms with E-state index in [1.54, 1.807) is 12.4 Å². The van der Waals surface area contributed by atoms with Crippen molar-refractivity contribution >= 4 is 44.3 Å². The number of rotatable bonds is 7. The van der Waals surface area contributed by atoms with E-state index in [0.29, 0.717) is 0 Å². The molecule has 52 heavy (non-hydrogen) atoms. The highest BCUT2D eigenvalue weighted by molar-refractivity contribution is 7.24. The van der Waals surface area contributed by atoms with Crippen LogP contribution in [0.5, 0.6) is 0 Å². The zero-order valence-electron chi connectivity index (χ0n) is 27.8. The van der Waals surface area contributed by atoms with Crippen molar-refractivity contribution in [2.75, 3.05) is 0 Å². The van der Waals surface area contributed by atoms with Crippen LogP contribution in [0.15, 0.2) is 158 Å². The summed E-state index contributed by atoms with van der Waals surface area (Å²) in [5, 5.41) is 2.33. The number of para-hydroxylation sites is 1. The number of benzene rings is 3. The standard InChI is InChI=1S/C45H28N6S/c1-2-8-35-34(7-1)45-42(41(38-11-6-23-49-38)44(52-45)32-20-24-46-27-32)43(51-35)31-18-16-29(17-19-31)28-12-14-30(15-13-28)33-25-39(36-9-3-4-21-47-36)50-40(26-33)37-10-5-22-48-37/h1-27H,(H,48,50)/p+1. The molecular weight excluding hydrogens is 657 g/mol. The molecule has 0 radical (unpaired) electrons. The van der Waals surface area contributed by atoms with Crippen molar-refractivity contribution in [3.8, 4) is 66.6 Å². The average Bonchev–Trinajstić information content (AvgIpc) is 4.05. The number of aromatic amines is 2. The first-order chi connectivity index (χ1) is 25.8. The first-order valence-electron chi connectivity index (χ1n) is 17.1. The molecule has 0 saturated heterocycles. The van der Waals surface area contributed by atoms with E-state index < -0.39 is 0 Å². The van der Waals surface area contributed by atoms with E-state index >= 15 is 0 Å². The van der Waals surface area contributed by atoms with Crippen molar-refractivity contribution in [2.24, 2.45) is 0 Å². The van der Waals surface area contributed by atoms with Crippen molar-refractivity contribution in [1.29, 1.82) is 0 Å². The van der Waals surface area contributed by atoms with Gasteiger partial charge in [0.15, 0.2) is 5.69 Å². The quantitative estimate of drug-likeness (QED) is 0.164. The minimum absolute atomic E-state index is 0.817. The number of nitrogens with one attached hydrogen (secondary N) is 2.